The van der Waals surface area contributed by atoms with Crippen LogP contribution in [0, 0.1) is 5.82 Å². The van der Waals surface area contributed by atoms with Gasteiger partial charge in [0.15, 0.2) is 6.29 Å². The van der Waals surface area contributed by atoms with Crippen molar-refractivity contribution in [3.05, 3.63) is 53.5 Å². The summed E-state index contributed by atoms with van der Waals surface area (Å²) in [6.07, 6.45) is -3.53. The lowest BCUT2D eigenvalue weighted by Crippen LogP contribution is -2.08. The second-order valence-electron chi connectivity index (χ2n) is 3.75. The maximum Gasteiger partial charge on any atom is 0.417 e. The molecular weight excluding hydrogens is 262 g/mol. The summed E-state index contributed by atoms with van der Waals surface area (Å²) >= 11 is 0. The molecule has 0 bridgehead atoms. The number of pyridine rings is 1. The van der Waals surface area contributed by atoms with Crippen LogP contribution in [-0.2, 0) is 6.18 Å². The lowest BCUT2D eigenvalue weighted by molar-refractivity contribution is -0.137. The molecule has 98 valence electrons. The molecule has 0 atom stereocenters. The Balaban J connectivity index is 2.69. The molecule has 2 aromatic rings. The van der Waals surface area contributed by atoms with Crippen LogP contribution < -0.4 is 0 Å². The third-order valence-electron chi connectivity index (χ3n) is 2.50. The average molecular weight is 269 g/mol. The van der Waals surface area contributed by atoms with Gasteiger partial charge < -0.3 is 0 Å². The Morgan fingerprint density at radius 3 is 2.47 bits per heavy atom. The van der Waals surface area contributed by atoms with Crippen LogP contribution in [-0.4, -0.2) is 11.3 Å². The van der Waals surface area contributed by atoms with Crippen molar-refractivity contribution < 1.29 is 22.4 Å². The molecule has 1 aromatic heterocycles. The standard InChI is InChI=1S/C13H7F4NO/c14-9-5-8(7-19)12(18-6-9)10-3-1-2-4-11(10)13(15,16)17/h1-7H. The van der Waals surface area contributed by atoms with E-state index < -0.39 is 17.6 Å². The zero-order chi connectivity index (χ0) is 14.0. The average Bonchev–Trinajstić information content (AvgIpc) is 2.37. The summed E-state index contributed by atoms with van der Waals surface area (Å²) in [6, 6.07) is 5.55. The first-order valence-corrected chi connectivity index (χ1v) is 5.21. The number of nitrogens with zero attached hydrogens (tertiary/aromatic N) is 1. The van der Waals surface area contributed by atoms with Crippen molar-refractivity contribution in [2.24, 2.45) is 0 Å². The fourth-order valence-corrected chi connectivity index (χ4v) is 1.71. The number of hydrogen-bond acceptors (Lipinski definition) is 2. The maximum absolute atomic E-state index is 12.9. The van der Waals surface area contributed by atoms with Crippen molar-refractivity contribution in [3.63, 3.8) is 0 Å². The summed E-state index contributed by atoms with van der Waals surface area (Å²) in [7, 11) is 0. The number of aldehydes is 1. The molecule has 0 saturated carbocycles. The van der Waals surface area contributed by atoms with Crippen LogP contribution in [0.15, 0.2) is 36.5 Å². The van der Waals surface area contributed by atoms with Gasteiger partial charge in [-0.1, -0.05) is 18.2 Å². The molecule has 0 aliphatic heterocycles. The Morgan fingerprint density at radius 2 is 1.84 bits per heavy atom. The predicted octanol–water partition coefficient (Wildman–Crippen LogP) is 3.72. The first-order chi connectivity index (χ1) is 8.93. The van der Waals surface area contributed by atoms with E-state index in [1.807, 2.05) is 0 Å². The van der Waals surface area contributed by atoms with Gasteiger partial charge in [-0.2, -0.15) is 13.2 Å². The Bertz CT molecular complexity index is 622. The lowest BCUT2D eigenvalue weighted by Gasteiger charge is -2.13. The molecular formula is C13H7F4NO. The second kappa shape index (κ2) is 4.79. The van der Waals surface area contributed by atoms with Crippen molar-refractivity contribution >= 4 is 6.29 Å². The number of carbonyl (C=O) groups is 1. The summed E-state index contributed by atoms with van der Waals surface area (Å²) in [6.45, 7) is 0. The Hall–Kier alpha value is -2.24. The number of rotatable bonds is 2. The third kappa shape index (κ3) is 2.62. The molecule has 1 heterocycles. The summed E-state index contributed by atoms with van der Waals surface area (Å²) in [4.78, 5) is 14.4. The Morgan fingerprint density at radius 1 is 1.16 bits per heavy atom. The van der Waals surface area contributed by atoms with Crippen LogP contribution >= 0.6 is 0 Å². The fraction of sp³-hybridized carbons (Fsp3) is 0.0769. The number of hydrogen-bond donors (Lipinski definition) is 0. The summed E-state index contributed by atoms with van der Waals surface area (Å²) < 4.78 is 51.5. The second-order valence-corrected chi connectivity index (χ2v) is 3.75. The van der Waals surface area contributed by atoms with Crippen LogP contribution in [0.2, 0.25) is 0 Å². The van der Waals surface area contributed by atoms with Gasteiger partial charge in [0, 0.05) is 11.1 Å². The Labute approximate surface area is 105 Å². The van der Waals surface area contributed by atoms with E-state index in [0.717, 1.165) is 18.3 Å². The molecule has 0 N–H and O–H groups in total. The topological polar surface area (TPSA) is 30.0 Å². The van der Waals surface area contributed by atoms with Gasteiger partial charge in [0.25, 0.3) is 0 Å². The zero-order valence-electron chi connectivity index (χ0n) is 9.41. The number of alkyl halides is 3. The molecule has 0 radical (unpaired) electrons. The molecule has 6 heteroatoms. The van der Waals surface area contributed by atoms with E-state index in [9.17, 15) is 22.4 Å². The molecule has 19 heavy (non-hydrogen) atoms. The van der Waals surface area contributed by atoms with Crippen molar-refractivity contribution in [1.29, 1.82) is 0 Å². The van der Waals surface area contributed by atoms with Crippen molar-refractivity contribution in [3.8, 4) is 11.3 Å². The highest BCUT2D eigenvalue weighted by atomic mass is 19.4. The van der Waals surface area contributed by atoms with Gasteiger partial charge in [0.05, 0.1) is 17.5 Å². The molecule has 0 unspecified atom stereocenters. The van der Waals surface area contributed by atoms with Gasteiger partial charge >= 0.3 is 6.18 Å². The normalized spacial score (nSPS) is 11.4. The number of carbonyl (C=O) groups excluding carboxylic acids is 1. The van der Waals surface area contributed by atoms with Crippen molar-refractivity contribution in [1.82, 2.24) is 4.98 Å². The van der Waals surface area contributed by atoms with Gasteiger partial charge in [0.1, 0.15) is 5.82 Å². The lowest BCUT2D eigenvalue weighted by atomic mass is 10.0. The monoisotopic (exact) mass is 269 g/mol. The molecule has 1 aromatic carbocycles. The van der Waals surface area contributed by atoms with Crippen LogP contribution in [0.5, 0.6) is 0 Å². The van der Waals surface area contributed by atoms with E-state index in [1.165, 1.54) is 18.2 Å². The van der Waals surface area contributed by atoms with Crippen LogP contribution in [0.1, 0.15) is 15.9 Å². The molecule has 2 nitrogen and oxygen atoms in total. The third-order valence-corrected chi connectivity index (χ3v) is 2.50. The number of benzene rings is 1. The van der Waals surface area contributed by atoms with Crippen molar-refractivity contribution in [2.45, 2.75) is 6.18 Å². The van der Waals surface area contributed by atoms with Gasteiger partial charge in [-0.25, -0.2) is 4.39 Å². The van der Waals surface area contributed by atoms with Crippen molar-refractivity contribution in [2.75, 3.05) is 0 Å². The molecule has 0 aliphatic rings. The first-order valence-electron chi connectivity index (χ1n) is 5.21. The van der Waals surface area contributed by atoms with E-state index >= 15 is 0 Å². The molecule has 0 fully saturated rings. The molecule has 0 aliphatic carbocycles. The number of halogens is 4. The predicted molar refractivity (Wildman–Crippen MR) is 60.0 cm³/mol. The van der Waals surface area contributed by atoms with Crippen LogP contribution in [0.3, 0.4) is 0 Å². The summed E-state index contributed by atoms with van der Waals surface area (Å²) in [5.41, 5.74) is -1.59. The van der Waals surface area contributed by atoms with E-state index in [0.29, 0.717) is 0 Å². The maximum atomic E-state index is 12.9. The van der Waals surface area contributed by atoms with Crippen LogP contribution in [0.4, 0.5) is 17.6 Å². The number of aromatic nitrogens is 1. The van der Waals surface area contributed by atoms with E-state index in [1.54, 1.807) is 0 Å². The minimum absolute atomic E-state index is 0.190. The highest BCUT2D eigenvalue weighted by molar-refractivity contribution is 5.86. The largest absolute Gasteiger partial charge is 0.417 e. The highest BCUT2D eigenvalue weighted by Crippen LogP contribution is 2.37. The summed E-state index contributed by atoms with van der Waals surface area (Å²) in [5, 5.41) is 0. The van der Waals surface area contributed by atoms with Gasteiger partial charge in [0.2, 0.25) is 0 Å². The van der Waals surface area contributed by atoms with Gasteiger partial charge in [-0.15, -0.1) is 0 Å². The minimum Gasteiger partial charge on any atom is -0.298 e. The van der Waals surface area contributed by atoms with E-state index in [-0.39, 0.29) is 23.1 Å². The van der Waals surface area contributed by atoms with E-state index in [4.69, 9.17) is 0 Å². The minimum atomic E-state index is -4.58. The zero-order valence-corrected chi connectivity index (χ0v) is 9.41. The van der Waals surface area contributed by atoms with E-state index in [2.05, 4.69) is 4.98 Å². The van der Waals surface area contributed by atoms with Crippen LogP contribution in [0.25, 0.3) is 11.3 Å². The Kier molecular flexibility index (Phi) is 3.33. The quantitative estimate of drug-likeness (QED) is 0.614. The molecule has 0 saturated heterocycles. The fourth-order valence-electron chi connectivity index (χ4n) is 1.71. The first kappa shape index (κ1) is 13.2. The molecule has 0 amide bonds. The SMILES string of the molecule is O=Cc1cc(F)cnc1-c1ccccc1C(F)(F)F. The summed E-state index contributed by atoms with van der Waals surface area (Å²) in [5.74, 6) is -0.782. The van der Waals surface area contributed by atoms with Gasteiger partial charge in [-0.3, -0.25) is 9.78 Å². The molecule has 0 spiro atoms. The van der Waals surface area contributed by atoms with Gasteiger partial charge in [-0.05, 0) is 12.1 Å². The smallest absolute Gasteiger partial charge is 0.298 e. The highest BCUT2D eigenvalue weighted by Gasteiger charge is 2.34. The molecule has 2 rings (SSSR count).